The zero-order valence-corrected chi connectivity index (χ0v) is 13.5. The van der Waals surface area contributed by atoms with Gasteiger partial charge >= 0.3 is 0 Å². The van der Waals surface area contributed by atoms with Crippen LogP contribution in [-0.2, 0) is 0 Å². The average molecular weight is 303 g/mol. The van der Waals surface area contributed by atoms with Crippen molar-refractivity contribution in [3.63, 3.8) is 0 Å². The number of rotatable bonds is 4. The summed E-state index contributed by atoms with van der Waals surface area (Å²) in [5, 5.41) is 8.10. The SMILES string of the molecule is Cc1nc(C)c(C(C)NCC2CNc3ccccc3O2)s1. The Balaban J connectivity index is 1.58. The normalized spacial score (nSPS) is 18.5. The van der Waals surface area contributed by atoms with Gasteiger partial charge in [-0.25, -0.2) is 4.98 Å². The Labute approximate surface area is 129 Å². The molecule has 2 heterocycles. The first-order valence-electron chi connectivity index (χ1n) is 7.30. The molecule has 1 aromatic heterocycles. The van der Waals surface area contributed by atoms with E-state index >= 15 is 0 Å². The van der Waals surface area contributed by atoms with E-state index in [-0.39, 0.29) is 6.10 Å². The number of hydrogen-bond acceptors (Lipinski definition) is 5. The molecule has 0 amide bonds. The van der Waals surface area contributed by atoms with Crippen molar-refractivity contribution in [1.29, 1.82) is 0 Å². The summed E-state index contributed by atoms with van der Waals surface area (Å²) in [6.07, 6.45) is 0.150. The Bertz CT molecular complexity index is 626. The number of benzene rings is 1. The largest absolute Gasteiger partial charge is 0.485 e. The summed E-state index contributed by atoms with van der Waals surface area (Å²) in [4.78, 5) is 5.81. The number of nitrogens with zero attached hydrogens (tertiary/aromatic N) is 1. The second kappa shape index (κ2) is 6.03. The number of aromatic nitrogens is 1. The van der Waals surface area contributed by atoms with Crippen LogP contribution in [0, 0.1) is 13.8 Å². The van der Waals surface area contributed by atoms with Gasteiger partial charge in [0.25, 0.3) is 0 Å². The molecule has 2 N–H and O–H groups in total. The average Bonchev–Trinajstić information content (AvgIpc) is 2.83. The van der Waals surface area contributed by atoms with Gasteiger partial charge < -0.3 is 15.4 Å². The van der Waals surface area contributed by atoms with Gasteiger partial charge in [0.05, 0.1) is 22.9 Å². The highest BCUT2D eigenvalue weighted by Crippen LogP contribution is 2.28. The van der Waals surface area contributed by atoms with Gasteiger partial charge in [0, 0.05) is 17.5 Å². The summed E-state index contributed by atoms with van der Waals surface area (Å²) >= 11 is 1.77. The molecule has 5 heteroatoms. The van der Waals surface area contributed by atoms with E-state index < -0.39 is 0 Å². The van der Waals surface area contributed by atoms with Gasteiger partial charge in [-0.1, -0.05) is 12.1 Å². The van der Waals surface area contributed by atoms with Crippen molar-refractivity contribution in [1.82, 2.24) is 10.3 Å². The minimum Gasteiger partial charge on any atom is -0.485 e. The van der Waals surface area contributed by atoms with E-state index in [9.17, 15) is 0 Å². The minimum atomic E-state index is 0.150. The first-order valence-corrected chi connectivity index (χ1v) is 8.12. The molecular formula is C16H21N3OS. The molecule has 112 valence electrons. The molecule has 0 spiro atoms. The van der Waals surface area contributed by atoms with Crippen LogP contribution in [0.4, 0.5) is 5.69 Å². The maximum absolute atomic E-state index is 6.02. The lowest BCUT2D eigenvalue weighted by Crippen LogP contribution is -2.40. The zero-order chi connectivity index (χ0) is 14.8. The number of ether oxygens (including phenoxy) is 1. The third-order valence-corrected chi connectivity index (χ3v) is 4.94. The van der Waals surface area contributed by atoms with E-state index in [4.69, 9.17) is 4.74 Å². The molecule has 21 heavy (non-hydrogen) atoms. The topological polar surface area (TPSA) is 46.2 Å². The summed E-state index contributed by atoms with van der Waals surface area (Å²) in [5.74, 6) is 0.938. The van der Waals surface area contributed by atoms with Crippen molar-refractivity contribution < 1.29 is 4.74 Å². The molecule has 2 aromatic rings. The fraction of sp³-hybridized carbons (Fsp3) is 0.438. The van der Waals surface area contributed by atoms with Crippen LogP contribution in [0.15, 0.2) is 24.3 Å². The van der Waals surface area contributed by atoms with Crippen LogP contribution in [0.3, 0.4) is 0 Å². The second-order valence-corrected chi connectivity index (χ2v) is 6.66. The summed E-state index contributed by atoms with van der Waals surface area (Å²) in [5.41, 5.74) is 2.21. The van der Waals surface area contributed by atoms with Crippen molar-refractivity contribution >= 4 is 17.0 Å². The van der Waals surface area contributed by atoms with Gasteiger partial charge in [-0.3, -0.25) is 0 Å². The molecular weight excluding hydrogens is 282 g/mol. The van der Waals surface area contributed by atoms with Crippen molar-refractivity contribution in [3.05, 3.63) is 39.8 Å². The summed E-state index contributed by atoms with van der Waals surface area (Å²) in [6.45, 7) is 7.96. The molecule has 0 saturated carbocycles. The Morgan fingerprint density at radius 1 is 1.43 bits per heavy atom. The maximum atomic E-state index is 6.02. The lowest BCUT2D eigenvalue weighted by atomic mass is 10.2. The van der Waals surface area contributed by atoms with E-state index in [2.05, 4.69) is 36.4 Å². The van der Waals surface area contributed by atoms with Crippen LogP contribution < -0.4 is 15.4 Å². The van der Waals surface area contributed by atoms with Crippen molar-refractivity contribution in [2.45, 2.75) is 32.9 Å². The number of fused-ring (bicyclic) bond motifs is 1. The molecule has 0 bridgehead atoms. The summed E-state index contributed by atoms with van der Waals surface area (Å²) in [6, 6.07) is 8.38. The van der Waals surface area contributed by atoms with Gasteiger partial charge in [0.2, 0.25) is 0 Å². The van der Waals surface area contributed by atoms with Gasteiger partial charge in [0.1, 0.15) is 11.9 Å². The highest BCUT2D eigenvalue weighted by atomic mass is 32.1. The Kier molecular flexibility index (Phi) is 4.12. The molecule has 1 aliphatic heterocycles. The Hall–Kier alpha value is -1.59. The molecule has 0 saturated heterocycles. The standard InChI is InChI=1S/C16H21N3OS/c1-10(16-11(2)19-12(3)21-16)17-8-13-9-18-14-6-4-5-7-15(14)20-13/h4-7,10,13,17-18H,8-9H2,1-3H3. The third kappa shape index (κ3) is 3.19. The molecule has 2 atom stereocenters. The first-order chi connectivity index (χ1) is 10.1. The minimum absolute atomic E-state index is 0.150. The molecule has 0 radical (unpaired) electrons. The molecule has 3 rings (SSSR count). The van der Waals surface area contributed by atoms with E-state index in [1.54, 1.807) is 11.3 Å². The maximum Gasteiger partial charge on any atom is 0.142 e. The monoisotopic (exact) mass is 303 g/mol. The zero-order valence-electron chi connectivity index (χ0n) is 12.6. The van der Waals surface area contributed by atoms with Crippen LogP contribution in [-0.4, -0.2) is 24.2 Å². The number of hydrogen-bond donors (Lipinski definition) is 2. The van der Waals surface area contributed by atoms with Crippen molar-refractivity contribution in [2.24, 2.45) is 0 Å². The Morgan fingerprint density at radius 2 is 2.24 bits per heavy atom. The van der Waals surface area contributed by atoms with E-state index in [0.717, 1.165) is 35.2 Å². The lowest BCUT2D eigenvalue weighted by Gasteiger charge is -2.28. The fourth-order valence-electron chi connectivity index (χ4n) is 2.62. The molecule has 1 aromatic carbocycles. The van der Waals surface area contributed by atoms with Crippen LogP contribution in [0.1, 0.15) is 28.5 Å². The fourth-order valence-corrected chi connectivity index (χ4v) is 3.58. The highest BCUT2D eigenvalue weighted by molar-refractivity contribution is 7.11. The first kappa shape index (κ1) is 14.4. The molecule has 4 nitrogen and oxygen atoms in total. The number of thiazole rings is 1. The molecule has 0 fully saturated rings. The summed E-state index contributed by atoms with van der Waals surface area (Å²) < 4.78 is 6.02. The quantitative estimate of drug-likeness (QED) is 0.910. The van der Waals surface area contributed by atoms with Crippen molar-refractivity contribution in [2.75, 3.05) is 18.4 Å². The number of anilines is 1. The van der Waals surface area contributed by atoms with E-state index in [1.165, 1.54) is 4.88 Å². The van der Waals surface area contributed by atoms with Crippen LogP contribution >= 0.6 is 11.3 Å². The number of para-hydroxylation sites is 2. The summed E-state index contributed by atoms with van der Waals surface area (Å²) in [7, 11) is 0. The lowest BCUT2D eigenvalue weighted by molar-refractivity contribution is 0.198. The Morgan fingerprint density at radius 3 is 3.00 bits per heavy atom. The van der Waals surface area contributed by atoms with Crippen LogP contribution in [0.2, 0.25) is 0 Å². The molecule has 0 aliphatic carbocycles. The predicted octanol–water partition coefficient (Wildman–Crippen LogP) is 3.28. The predicted molar refractivity (Wildman–Crippen MR) is 87.4 cm³/mol. The van der Waals surface area contributed by atoms with Gasteiger partial charge in [-0.2, -0.15) is 0 Å². The van der Waals surface area contributed by atoms with Crippen molar-refractivity contribution in [3.8, 4) is 5.75 Å². The smallest absolute Gasteiger partial charge is 0.142 e. The van der Waals surface area contributed by atoms with Gasteiger partial charge in [-0.05, 0) is 32.9 Å². The van der Waals surface area contributed by atoms with Crippen LogP contribution in [0.5, 0.6) is 5.75 Å². The number of nitrogens with one attached hydrogen (secondary N) is 2. The highest BCUT2D eigenvalue weighted by Gasteiger charge is 2.20. The molecule has 1 aliphatic rings. The van der Waals surface area contributed by atoms with Crippen LogP contribution in [0.25, 0.3) is 0 Å². The second-order valence-electron chi connectivity index (χ2n) is 5.43. The number of aryl methyl sites for hydroxylation is 2. The van der Waals surface area contributed by atoms with E-state index in [0.29, 0.717) is 6.04 Å². The van der Waals surface area contributed by atoms with E-state index in [1.807, 2.05) is 24.3 Å². The van der Waals surface area contributed by atoms with Gasteiger partial charge in [-0.15, -0.1) is 11.3 Å². The third-order valence-electron chi connectivity index (χ3n) is 3.69. The van der Waals surface area contributed by atoms with Gasteiger partial charge in [0.15, 0.2) is 0 Å². The molecule has 2 unspecified atom stereocenters.